The monoisotopic (exact) mass is 777 g/mol. The predicted molar refractivity (Wildman–Crippen MR) is 253 cm³/mol. The van der Waals surface area contributed by atoms with Gasteiger partial charge < -0.3 is 13.9 Å². The lowest BCUT2D eigenvalue weighted by atomic mass is 9.97. The van der Waals surface area contributed by atoms with Crippen LogP contribution in [-0.2, 0) is 0 Å². The lowest BCUT2D eigenvalue weighted by Crippen LogP contribution is -2.12. The van der Waals surface area contributed by atoms with Crippen LogP contribution in [0.2, 0.25) is 0 Å². The number of anilines is 3. The van der Waals surface area contributed by atoms with Crippen molar-refractivity contribution in [2.75, 3.05) is 4.90 Å². The molecule has 4 nitrogen and oxygen atoms in total. The SMILES string of the molecule is c1cc(-c2cccc3c2oc2ccccc23)cc(-n2c3c(c4ccccc42)-c2ccccc2N(c2ccc(-c4ccc5ccccc5n4)c4ccccc24)c2ccccc2-3)c1. The molecule has 0 saturated carbocycles. The first-order valence-electron chi connectivity index (χ1n) is 20.8. The highest BCUT2D eigenvalue weighted by Crippen LogP contribution is 2.55. The van der Waals surface area contributed by atoms with Gasteiger partial charge in [-0.25, -0.2) is 4.98 Å². The fourth-order valence-corrected chi connectivity index (χ4v) is 9.88. The Kier molecular flexibility index (Phi) is 7.27. The first-order valence-corrected chi connectivity index (χ1v) is 20.8. The highest BCUT2D eigenvalue weighted by Gasteiger charge is 2.32. The topological polar surface area (TPSA) is 34.2 Å². The molecule has 4 heteroatoms. The van der Waals surface area contributed by atoms with Gasteiger partial charge in [-0.3, -0.25) is 0 Å². The molecule has 0 atom stereocenters. The van der Waals surface area contributed by atoms with Gasteiger partial charge in [-0.05, 0) is 65.5 Å². The van der Waals surface area contributed by atoms with Crippen LogP contribution in [0.5, 0.6) is 0 Å². The van der Waals surface area contributed by atoms with E-state index in [1.54, 1.807) is 0 Å². The van der Waals surface area contributed by atoms with Crippen molar-refractivity contribution in [3.05, 3.63) is 212 Å². The quantitative estimate of drug-likeness (QED) is 0.178. The molecular formula is C57H35N3O. The zero-order valence-corrected chi connectivity index (χ0v) is 33.0. The molecule has 0 unspecified atom stereocenters. The van der Waals surface area contributed by atoms with Crippen molar-refractivity contribution < 1.29 is 4.42 Å². The largest absolute Gasteiger partial charge is 0.455 e. The maximum Gasteiger partial charge on any atom is 0.143 e. The van der Waals surface area contributed by atoms with Crippen molar-refractivity contribution in [1.29, 1.82) is 0 Å². The van der Waals surface area contributed by atoms with Crippen LogP contribution in [0.4, 0.5) is 17.1 Å². The van der Waals surface area contributed by atoms with Gasteiger partial charge in [-0.2, -0.15) is 0 Å². The Balaban J connectivity index is 1.05. The van der Waals surface area contributed by atoms with Crippen molar-refractivity contribution in [3.8, 4) is 50.5 Å². The third kappa shape index (κ3) is 5.03. The Morgan fingerprint density at radius 1 is 0.410 bits per heavy atom. The van der Waals surface area contributed by atoms with E-state index in [1.807, 2.05) is 6.07 Å². The van der Waals surface area contributed by atoms with E-state index < -0.39 is 0 Å². The molecule has 0 spiro atoms. The normalized spacial score (nSPS) is 12.2. The van der Waals surface area contributed by atoms with Crippen molar-refractivity contribution in [3.63, 3.8) is 0 Å². The van der Waals surface area contributed by atoms with Crippen molar-refractivity contribution in [2.24, 2.45) is 0 Å². The molecule has 61 heavy (non-hydrogen) atoms. The maximum atomic E-state index is 6.55. The molecule has 0 bridgehead atoms. The molecule has 3 aromatic heterocycles. The summed E-state index contributed by atoms with van der Waals surface area (Å²) in [6.07, 6.45) is 0. The zero-order chi connectivity index (χ0) is 40.0. The van der Waals surface area contributed by atoms with Crippen LogP contribution in [0, 0.1) is 0 Å². The summed E-state index contributed by atoms with van der Waals surface area (Å²) in [6, 6.07) is 76.3. The van der Waals surface area contributed by atoms with Gasteiger partial charge in [0.25, 0.3) is 0 Å². The highest BCUT2D eigenvalue weighted by molar-refractivity contribution is 6.16. The first kappa shape index (κ1) is 33.7. The van der Waals surface area contributed by atoms with Crippen LogP contribution in [-0.4, -0.2) is 9.55 Å². The molecule has 1 aliphatic rings. The Hall–Kier alpha value is -8.21. The number of pyridine rings is 1. The lowest BCUT2D eigenvalue weighted by molar-refractivity contribution is 0.670. The number of hydrogen-bond donors (Lipinski definition) is 0. The van der Waals surface area contributed by atoms with Crippen LogP contribution >= 0.6 is 0 Å². The minimum atomic E-state index is 0.899. The number of nitrogens with zero attached hydrogens (tertiary/aromatic N) is 3. The van der Waals surface area contributed by atoms with Crippen molar-refractivity contribution in [2.45, 2.75) is 0 Å². The fourth-order valence-electron chi connectivity index (χ4n) is 9.88. The van der Waals surface area contributed by atoms with Crippen molar-refractivity contribution in [1.82, 2.24) is 9.55 Å². The van der Waals surface area contributed by atoms with E-state index in [2.05, 4.69) is 216 Å². The average molecular weight is 778 g/mol. The van der Waals surface area contributed by atoms with Gasteiger partial charge in [0, 0.05) is 60.4 Å². The van der Waals surface area contributed by atoms with E-state index in [0.717, 1.165) is 106 Å². The molecule has 1 aliphatic heterocycles. The molecule has 9 aromatic carbocycles. The van der Waals surface area contributed by atoms with Crippen LogP contribution in [0.1, 0.15) is 0 Å². The number of rotatable bonds is 4. The average Bonchev–Trinajstić information content (AvgIpc) is 3.85. The number of furan rings is 1. The third-order valence-corrected chi connectivity index (χ3v) is 12.5. The molecule has 0 saturated heterocycles. The number of benzene rings is 9. The van der Waals surface area contributed by atoms with E-state index in [0.29, 0.717) is 0 Å². The Bertz CT molecular complexity index is 3740. The second-order valence-corrected chi connectivity index (χ2v) is 15.8. The van der Waals surface area contributed by atoms with Crippen LogP contribution in [0.25, 0.3) is 105 Å². The Morgan fingerprint density at radius 2 is 1.08 bits per heavy atom. The number of aromatic nitrogens is 2. The highest BCUT2D eigenvalue weighted by atomic mass is 16.3. The molecular weight excluding hydrogens is 743 g/mol. The van der Waals surface area contributed by atoms with Gasteiger partial charge in [-0.1, -0.05) is 158 Å². The molecule has 12 aromatic rings. The van der Waals surface area contributed by atoms with Crippen LogP contribution in [0.3, 0.4) is 0 Å². The summed E-state index contributed by atoms with van der Waals surface area (Å²) in [7, 11) is 0. The number of hydrogen-bond acceptors (Lipinski definition) is 3. The van der Waals surface area contributed by atoms with Crippen LogP contribution < -0.4 is 4.90 Å². The summed E-state index contributed by atoms with van der Waals surface area (Å²) in [6.45, 7) is 0. The predicted octanol–water partition coefficient (Wildman–Crippen LogP) is 15.7. The Morgan fingerprint density at radius 3 is 1.98 bits per heavy atom. The molecule has 0 N–H and O–H groups in total. The van der Waals surface area contributed by atoms with Crippen LogP contribution in [0.15, 0.2) is 217 Å². The summed E-state index contributed by atoms with van der Waals surface area (Å²) in [5, 5.41) is 6.91. The van der Waals surface area contributed by atoms with E-state index in [4.69, 9.17) is 9.40 Å². The van der Waals surface area contributed by atoms with E-state index in [-0.39, 0.29) is 0 Å². The smallest absolute Gasteiger partial charge is 0.143 e. The molecule has 13 rings (SSSR count). The van der Waals surface area contributed by atoms with Gasteiger partial charge >= 0.3 is 0 Å². The fraction of sp³-hybridized carbons (Fsp3) is 0. The second-order valence-electron chi connectivity index (χ2n) is 15.8. The third-order valence-electron chi connectivity index (χ3n) is 12.5. The standard InChI is InChI=1S/C57H35N3O/c1-8-26-48-36(15-1)31-33-49(58-48)41-32-34-53(42-19-3-2-18-40(41)42)60-51-28-10-5-22-46(51)55-45-21-4-9-27-50(45)59(56(55)47-23-6-11-29-52(47)60)38-17-13-16-37(35-38)39-24-14-25-44-43-20-7-12-30-54(43)61-57(39)44/h1-35H. The summed E-state index contributed by atoms with van der Waals surface area (Å²) < 4.78 is 9.02. The van der Waals surface area contributed by atoms with Gasteiger partial charge in [0.1, 0.15) is 11.2 Å². The summed E-state index contributed by atoms with van der Waals surface area (Å²) in [4.78, 5) is 7.62. The number of fused-ring (bicyclic) bond motifs is 12. The summed E-state index contributed by atoms with van der Waals surface area (Å²) >= 11 is 0. The van der Waals surface area contributed by atoms with Gasteiger partial charge in [0.05, 0.1) is 39.5 Å². The number of para-hydroxylation sites is 6. The van der Waals surface area contributed by atoms with Gasteiger partial charge in [-0.15, -0.1) is 0 Å². The molecule has 0 fully saturated rings. The van der Waals surface area contributed by atoms with E-state index in [9.17, 15) is 0 Å². The van der Waals surface area contributed by atoms with Crippen molar-refractivity contribution >= 4 is 71.6 Å². The Labute approximate surface area is 351 Å². The first-order chi connectivity index (χ1) is 30.3. The minimum absolute atomic E-state index is 0.899. The van der Waals surface area contributed by atoms with Gasteiger partial charge in [0.2, 0.25) is 0 Å². The minimum Gasteiger partial charge on any atom is -0.455 e. The van der Waals surface area contributed by atoms with E-state index in [1.165, 1.54) is 16.5 Å². The molecule has 284 valence electrons. The zero-order valence-electron chi connectivity index (χ0n) is 33.0. The molecule has 0 amide bonds. The summed E-state index contributed by atoms with van der Waals surface area (Å²) in [5.41, 5.74) is 17.3. The maximum absolute atomic E-state index is 6.55. The lowest BCUT2D eigenvalue weighted by Gasteiger charge is -2.29. The molecule has 4 heterocycles. The summed E-state index contributed by atoms with van der Waals surface area (Å²) in [5.74, 6) is 0. The molecule has 0 radical (unpaired) electrons. The van der Waals surface area contributed by atoms with Gasteiger partial charge in [0.15, 0.2) is 0 Å². The molecule has 0 aliphatic carbocycles. The van der Waals surface area contributed by atoms with E-state index >= 15 is 0 Å². The second kappa shape index (κ2) is 13.2.